The van der Waals surface area contributed by atoms with Gasteiger partial charge in [-0.1, -0.05) is 35.9 Å². The van der Waals surface area contributed by atoms with Gasteiger partial charge in [0.05, 0.1) is 24.3 Å². The van der Waals surface area contributed by atoms with E-state index >= 15 is 0 Å². The van der Waals surface area contributed by atoms with E-state index in [1.807, 2.05) is 36.4 Å². The van der Waals surface area contributed by atoms with Crippen LogP contribution in [0.15, 0.2) is 95.9 Å². The number of nitrogens with one attached hydrogen (secondary N) is 2. The van der Waals surface area contributed by atoms with Crippen LogP contribution in [0.2, 0.25) is 5.02 Å². The van der Waals surface area contributed by atoms with E-state index in [9.17, 15) is 14.4 Å². The molecule has 0 aliphatic heterocycles. The molecule has 0 saturated heterocycles. The summed E-state index contributed by atoms with van der Waals surface area (Å²) in [5.74, 6) is -0.487. The zero-order chi connectivity index (χ0) is 26.6. The Balaban J connectivity index is 1.33. The van der Waals surface area contributed by atoms with Gasteiger partial charge in [0.15, 0.2) is 0 Å². The number of hydrogen-bond donors (Lipinski definition) is 2. The molecule has 190 valence electrons. The zero-order valence-electron chi connectivity index (χ0n) is 20.5. The Morgan fingerprint density at radius 2 is 1.79 bits per heavy atom. The molecular formula is C29H24ClN5O3. The van der Waals surface area contributed by atoms with Gasteiger partial charge in [-0.25, -0.2) is 0 Å². The molecule has 0 radical (unpaired) electrons. The van der Waals surface area contributed by atoms with E-state index in [2.05, 4.69) is 15.5 Å². The molecule has 5 aromatic rings. The van der Waals surface area contributed by atoms with E-state index in [4.69, 9.17) is 11.6 Å². The first-order valence-corrected chi connectivity index (χ1v) is 12.3. The van der Waals surface area contributed by atoms with Crippen LogP contribution in [0.5, 0.6) is 0 Å². The molecule has 9 heteroatoms. The molecule has 0 aliphatic carbocycles. The van der Waals surface area contributed by atoms with Crippen LogP contribution >= 0.6 is 11.6 Å². The lowest BCUT2D eigenvalue weighted by Crippen LogP contribution is -2.25. The minimum atomic E-state index is -0.288. The summed E-state index contributed by atoms with van der Waals surface area (Å²) in [4.78, 5) is 39.2. The molecule has 2 N–H and O–H groups in total. The van der Waals surface area contributed by atoms with Crippen molar-refractivity contribution in [2.75, 3.05) is 4.90 Å². The third-order valence-corrected chi connectivity index (χ3v) is 6.38. The number of H-pyrrole nitrogens is 1. The number of aromatic nitrogens is 3. The lowest BCUT2D eigenvalue weighted by molar-refractivity contribution is -0.115. The Morgan fingerprint density at radius 3 is 2.55 bits per heavy atom. The van der Waals surface area contributed by atoms with Gasteiger partial charge >= 0.3 is 0 Å². The fraction of sp³-hybridized carbons (Fsp3) is 0.103. The Morgan fingerprint density at radius 1 is 0.974 bits per heavy atom. The Bertz CT molecular complexity index is 1690. The largest absolute Gasteiger partial charge is 0.346 e. The highest BCUT2D eigenvalue weighted by atomic mass is 35.5. The predicted octanol–water partition coefficient (Wildman–Crippen LogP) is 5.04. The van der Waals surface area contributed by atoms with Crippen molar-refractivity contribution < 1.29 is 9.59 Å². The number of halogens is 1. The van der Waals surface area contributed by atoms with E-state index in [0.29, 0.717) is 28.5 Å². The van der Waals surface area contributed by atoms with Crippen LogP contribution in [0.3, 0.4) is 0 Å². The third-order valence-electron chi connectivity index (χ3n) is 6.15. The number of pyridine rings is 1. The molecular weight excluding hydrogens is 502 g/mol. The molecule has 2 heterocycles. The van der Waals surface area contributed by atoms with E-state index in [-0.39, 0.29) is 23.9 Å². The zero-order valence-corrected chi connectivity index (χ0v) is 21.3. The summed E-state index contributed by atoms with van der Waals surface area (Å²) in [7, 11) is 0. The van der Waals surface area contributed by atoms with E-state index in [1.54, 1.807) is 58.1 Å². The number of fused-ring (bicyclic) bond motifs is 1. The number of anilines is 2. The number of benzene rings is 3. The van der Waals surface area contributed by atoms with Crippen LogP contribution in [0.1, 0.15) is 28.5 Å². The average Bonchev–Trinajstić information content (AvgIpc) is 3.31. The second kappa shape index (κ2) is 10.7. The van der Waals surface area contributed by atoms with Gasteiger partial charge in [-0.15, -0.1) is 0 Å². The average molecular weight is 526 g/mol. The van der Waals surface area contributed by atoms with Crippen molar-refractivity contribution in [3.63, 3.8) is 0 Å². The molecule has 0 unspecified atom stereocenters. The fourth-order valence-corrected chi connectivity index (χ4v) is 4.45. The quantitative estimate of drug-likeness (QED) is 0.311. The first kappa shape index (κ1) is 25.0. The highest BCUT2D eigenvalue weighted by Crippen LogP contribution is 2.27. The number of nitrogens with zero attached hydrogens (tertiary/aromatic N) is 3. The van der Waals surface area contributed by atoms with Crippen molar-refractivity contribution in [3.05, 3.63) is 123 Å². The lowest BCUT2D eigenvalue weighted by Gasteiger charge is -2.22. The van der Waals surface area contributed by atoms with Crippen LogP contribution < -0.4 is 15.8 Å². The summed E-state index contributed by atoms with van der Waals surface area (Å²) in [6, 6.07) is 24.7. The lowest BCUT2D eigenvalue weighted by atomic mass is 10.1. The van der Waals surface area contributed by atoms with Gasteiger partial charge in [0.2, 0.25) is 5.91 Å². The van der Waals surface area contributed by atoms with Gasteiger partial charge in [0, 0.05) is 46.5 Å². The Hall–Kier alpha value is -4.69. The maximum absolute atomic E-state index is 13.0. The first-order chi connectivity index (χ1) is 18.4. The molecule has 5 rings (SSSR count). The smallest absolute Gasteiger partial charge is 0.251 e. The monoisotopic (exact) mass is 525 g/mol. The van der Waals surface area contributed by atoms with Crippen molar-refractivity contribution in [3.8, 4) is 0 Å². The Kier molecular flexibility index (Phi) is 7.06. The minimum absolute atomic E-state index is 0.0819. The first-order valence-electron chi connectivity index (χ1n) is 11.9. The van der Waals surface area contributed by atoms with Gasteiger partial charge in [-0.3, -0.25) is 24.4 Å². The molecule has 0 atom stereocenters. The van der Waals surface area contributed by atoms with Gasteiger partial charge in [0.1, 0.15) is 0 Å². The summed E-state index contributed by atoms with van der Waals surface area (Å²) in [6.07, 6.45) is 1.73. The molecule has 0 fully saturated rings. The van der Waals surface area contributed by atoms with Gasteiger partial charge < -0.3 is 9.88 Å². The van der Waals surface area contributed by atoms with E-state index < -0.39 is 0 Å². The van der Waals surface area contributed by atoms with Crippen molar-refractivity contribution >= 4 is 45.7 Å². The Labute approximate surface area is 223 Å². The van der Waals surface area contributed by atoms with E-state index in [1.165, 1.54) is 13.0 Å². The summed E-state index contributed by atoms with van der Waals surface area (Å²) < 4.78 is 1.61. The highest BCUT2D eigenvalue weighted by molar-refractivity contribution is 6.31. The van der Waals surface area contributed by atoms with Crippen LogP contribution in [-0.2, 0) is 17.9 Å². The maximum atomic E-state index is 13.0. The van der Waals surface area contributed by atoms with E-state index in [0.717, 1.165) is 22.2 Å². The third kappa shape index (κ3) is 5.35. The molecule has 3 aromatic carbocycles. The van der Waals surface area contributed by atoms with Gasteiger partial charge in [0.25, 0.3) is 11.5 Å². The summed E-state index contributed by atoms with van der Waals surface area (Å²) in [6.45, 7) is 2.13. The maximum Gasteiger partial charge on any atom is 0.251 e. The summed E-state index contributed by atoms with van der Waals surface area (Å²) >= 11 is 6.11. The SMILES string of the molecule is CC(=O)N(c1ccc(Cn2ccccc2=O)cc1)c1cccc(C(=O)NCc2[nH]nc3ccc(Cl)cc23)c1. The van der Waals surface area contributed by atoms with Crippen molar-refractivity contribution in [2.24, 2.45) is 0 Å². The van der Waals surface area contributed by atoms with Crippen LogP contribution in [0.25, 0.3) is 10.9 Å². The molecule has 0 saturated carbocycles. The normalized spacial score (nSPS) is 10.9. The molecule has 0 bridgehead atoms. The van der Waals surface area contributed by atoms with Crippen LogP contribution in [0.4, 0.5) is 11.4 Å². The molecule has 8 nitrogen and oxygen atoms in total. The number of rotatable bonds is 7. The number of aromatic amines is 1. The van der Waals surface area contributed by atoms with Crippen LogP contribution in [0, 0.1) is 0 Å². The predicted molar refractivity (Wildman–Crippen MR) is 148 cm³/mol. The topological polar surface area (TPSA) is 100 Å². The summed E-state index contributed by atoms with van der Waals surface area (Å²) in [5, 5.41) is 11.5. The molecule has 38 heavy (non-hydrogen) atoms. The fourth-order valence-electron chi connectivity index (χ4n) is 4.28. The number of amides is 2. The minimum Gasteiger partial charge on any atom is -0.346 e. The van der Waals surface area contributed by atoms with Crippen molar-refractivity contribution in [2.45, 2.75) is 20.0 Å². The molecule has 2 amide bonds. The summed E-state index contributed by atoms with van der Waals surface area (Å²) in [5.41, 5.74) is 3.98. The van der Waals surface area contributed by atoms with Crippen LogP contribution in [-0.4, -0.2) is 26.6 Å². The highest BCUT2D eigenvalue weighted by Gasteiger charge is 2.17. The molecule has 2 aromatic heterocycles. The van der Waals surface area contributed by atoms with Gasteiger partial charge in [-0.05, 0) is 60.2 Å². The standard InChI is InChI=1S/C29H24ClN5O3/c1-19(36)35(23-11-8-20(9-12-23)18-34-14-3-2-7-28(34)37)24-6-4-5-21(15-24)29(38)31-17-27-25-16-22(30)10-13-26(25)32-33-27/h2-16H,17-18H2,1H3,(H,31,38)(H,32,33). The number of hydrogen-bond acceptors (Lipinski definition) is 4. The number of carbonyl (C=O) groups is 2. The molecule has 0 spiro atoms. The van der Waals surface area contributed by atoms with Crippen molar-refractivity contribution in [1.29, 1.82) is 0 Å². The second-order valence-electron chi connectivity index (χ2n) is 8.78. The van der Waals surface area contributed by atoms with Crippen molar-refractivity contribution in [1.82, 2.24) is 20.1 Å². The number of carbonyl (C=O) groups excluding carboxylic acids is 2. The molecule has 0 aliphatic rings. The second-order valence-corrected chi connectivity index (χ2v) is 9.22. The van der Waals surface area contributed by atoms with Gasteiger partial charge in [-0.2, -0.15) is 5.10 Å².